The molecule has 2 aromatic rings. The topological polar surface area (TPSA) is 47.6 Å². The van der Waals surface area contributed by atoms with Crippen LogP contribution < -0.4 is 0 Å². The summed E-state index contributed by atoms with van der Waals surface area (Å²) in [5.74, 6) is 1.06. The third-order valence-electron chi connectivity index (χ3n) is 2.09. The van der Waals surface area contributed by atoms with Crippen molar-refractivity contribution in [1.29, 1.82) is 10.5 Å². The van der Waals surface area contributed by atoms with Crippen LogP contribution in [-0.2, 0) is 0 Å². The molecule has 0 heterocycles. The van der Waals surface area contributed by atoms with E-state index >= 15 is 0 Å². The third kappa shape index (κ3) is 9.92. The predicted molar refractivity (Wildman–Crippen MR) is 95.9 cm³/mol. The molecule has 0 saturated heterocycles. The molecular weight excluding hydrogens is 316 g/mol. The molecule has 0 spiro atoms. The number of hydrogen-bond acceptors (Lipinski definition) is 4. The van der Waals surface area contributed by atoms with Gasteiger partial charge in [-0.25, -0.2) is 0 Å². The summed E-state index contributed by atoms with van der Waals surface area (Å²) in [4.78, 5) is 2.31. The van der Waals surface area contributed by atoms with Crippen molar-refractivity contribution in [1.82, 2.24) is 0 Å². The lowest BCUT2D eigenvalue weighted by Crippen LogP contribution is -1.71. The van der Waals surface area contributed by atoms with Crippen molar-refractivity contribution in [3.63, 3.8) is 0 Å². The van der Waals surface area contributed by atoms with Crippen molar-refractivity contribution in [2.75, 3.05) is 11.5 Å². The standard InChI is InChI=1S/2C8H7NS.H2S/c2*9-6-7-10-8-4-2-1-3-5-8;/h2*1-5H,7H2;1H2. The largest absolute Gasteiger partial charge is 0.197 e. The Bertz CT molecular complexity index is 506. The molecule has 0 atom stereocenters. The van der Waals surface area contributed by atoms with E-state index in [0.29, 0.717) is 11.5 Å². The maximum absolute atomic E-state index is 8.26. The summed E-state index contributed by atoms with van der Waals surface area (Å²) < 4.78 is 0. The molecule has 2 rings (SSSR count). The molecule has 0 saturated carbocycles. The second-order valence-corrected chi connectivity index (χ2v) is 5.62. The maximum Gasteiger partial charge on any atom is 0.0855 e. The Kier molecular flexibility index (Phi) is 12.5. The summed E-state index contributed by atoms with van der Waals surface area (Å²) in [5, 5.41) is 16.5. The first-order chi connectivity index (χ1) is 9.86. The second-order valence-electron chi connectivity index (χ2n) is 3.52. The van der Waals surface area contributed by atoms with Gasteiger partial charge in [-0.1, -0.05) is 36.4 Å². The van der Waals surface area contributed by atoms with E-state index in [4.69, 9.17) is 10.5 Å². The SMILES string of the molecule is N#CCSc1ccccc1.N#CCSc1ccccc1.S. The van der Waals surface area contributed by atoms with Gasteiger partial charge >= 0.3 is 0 Å². The monoisotopic (exact) mass is 332 g/mol. The highest BCUT2D eigenvalue weighted by atomic mass is 32.2. The predicted octanol–water partition coefficient (Wildman–Crippen LogP) is 4.72. The van der Waals surface area contributed by atoms with Gasteiger partial charge in [0.05, 0.1) is 23.6 Å². The van der Waals surface area contributed by atoms with Gasteiger partial charge in [-0.2, -0.15) is 24.0 Å². The quantitative estimate of drug-likeness (QED) is 0.760. The molecule has 2 aromatic carbocycles. The Morgan fingerprint density at radius 1 is 0.667 bits per heavy atom. The first kappa shape index (κ1) is 19.5. The number of thioether (sulfide) groups is 2. The Hall–Kier alpha value is -1.53. The number of hydrogen-bond donors (Lipinski definition) is 0. The van der Waals surface area contributed by atoms with E-state index in [1.54, 1.807) is 23.5 Å². The van der Waals surface area contributed by atoms with Gasteiger partial charge in [0.15, 0.2) is 0 Å². The molecule has 21 heavy (non-hydrogen) atoms. The number of nitriles is 2. The van der Waals surface area contributed by atoms with E-state index in [-0.39, 0.29) is 13.5 Å². The first-order valence-electron chi connectivity index (χ1n) is 5.96. The lowest BCUT2D eigenvalue weighted by molar-refractivity contribution is 1.45. The van der Waals surface area contributed by atoms with Gasteiger partial charge in [0.2, 0.25) is 0 Å². The number of benzene rings is 2. The van der Waals surface area contributed by atoms with Crippen molar-refractivity contribution in [2.45, 2.75) is 9.79 Å². The van der Waals surface area contributed by atoms with Gasteiger partial charge in [0, 0.05) is 9.79 Å². The van der Waals surface area contributed by atoms with Crippen LogP contribution in [0.1, 0.15) is 0 Å². The lowest BCUT2D eigenvalue weighted by Gasteiger charge is -1.92. The Morgan fingerprint density at radius 2 is 1.00 bits per heavy atom. The molecule has 0 fully saturated rings. The molecule has 0 unspecified atom stereocenters. The zero-order valence-electron chi connectivity index (χ0n) is 11.4. The minimum Gasteiger partial charge on any atom is -0.197 e. The fourth-order valence-electron chi connectivity index (χ4n) is 1.26. The van der Waals surface area contributed by atoms with Gasteiger partial charge in [-0.15, -0.1) is 23.5 Å². The summed E-state index contributed by atoms with van der Waals surface area (Å²) in [6, 6.07) is 24.0. The molecule has 0 aliphatic rings. The molecular formula is C16H16N2S3. The van der Waals surface area contributed by atoms with Crippen molar-refractivity contribution >= 4 is 37.0 Å². The fraction of sp³-hybridized carbons (Fsp3) is 0.125. The zero-order chi connectivity index (χ0) is 14.5. The van der Waals surface area contributed by atoms with E-state index in [1.165, 1.54) is 0 Å². The van der Waals surface area contributed by atoms with Crippen molar-refractivity contribution in [3.05, 3.63) is 60.7 Å². The smallest absolute Gasteiger partial charge is 0.0855 e. The van der Waals surface area contributed by atoms with Crippen LogP contribution in [0.25, 0.3) is 0 Å². The summed E-state index contributed by atoms with van der Waals surface area (Å²) in [6.07, 6.45) is 0. The Balaban J connectivity index is 0.000000364. The minimum atomic E-state index is 0. The first-order valence-corrected chi connectivity index (χ1v) is 7.93. The summed E-state index contributed by atoms with van der Waals surface area (Å²) in [5.41, 5.74) is 0. The highest BCUT2D eigenvalue weighted by molar-refractivity contribution is 7.99. The molecule has 108 valence electrons. The van der Waals surface area contributed by atoms with Gasteiger partial charge < -0.3 is 0 Å². The van der Waals surface area contributed by atoms with Gasteiger partial charge in [-0.05, 0) is 24.3 Å². The molecule has 2 nitrogen and oxygen atoms in total. The minimum absolute atomic E-state index is 0. The molecule has 5 heteroatoms. The molecule has 0 radical (unpaired) electrons. The van der Waals surface area contributed by atoms with E-state index in [1.807, 2.05) is 60.7 Å². The van der Waals surface area contributed by atoms with Crippen LogP contribution >= 0.6 is 37.0 Å². The highest BCUT2D eigenvalue weighted by Gasteiger charge is 1.88. The van der Waals surface area contributed by atoms with E-state index in [2.05, 4.69) is 12.1 Å². The summed E-state index contributed by atoms with van der Waals surface area (Å²) >= 11 is 3.12. The van der Waals surface area contributed by atoms with Crippen molar-refractivity contribution < 1.29 is 0 Å². The van der Waals surface area contributed by atoms with Crippen molar-refractivity contribution in [2.24, 2.45) is 0 Å². The van der Waals surface area contributed by atoms with E-state index < -0.39 is 0 Å². The average molecular weight is 333 g/mol. The molecule has 0 N–H and O–H groups in total. The van der Waals surface area contributed by atoms with Crippen LogP contribution in [0.15, 0.2) is 70.5 Å². The van der Waals surface area contributed by atoms with Crippen LogP contribution in [0, 0.1) is 22.7 Å². The van der Waals surface area contributed by atoms with Crippen LogP contribution in [0.4, 0.5) is 0 Å². The molecule has 0 amide bonds. The van der Waals surface area contributed by atoms with Crippen molar-refractivity contribution in [3.8, 4) is 12.1 Å². The fourth-order valence-corrected chi connectivity index (χ4v) is 2.43. The number of rotatable bonds is 4. The van der Waals surface area contributed by atoms with Crippen LogP contribution in [0.5, 0.6) is 0 Å². The van der Waals surface area contributed by atoms with Crippen LogP contribution in [-0.4, -0.2) is 11.5 Å². The van der Waals surface area contributed by atoms with Crippen LogP contribution in [0.2, 0.25) is 0 Å². The van der Waals surface area contributed by atoms with Gasteiger partial charge in [0.1, 0.15) is 0 Å². The number of nitrogens with zero attached hydrogens (tertiary/aromatic N) is 2. The summed E-state index contributed by atoms with van der Waals surface area (Å²) in [7, 11) is 0. The second kappa shape index (κ2) is 13.5. The molecule has 0 aliphatic heterocycles. The molecule has 0 aromatic heterocycles. The average Bonchev–Trinajstić information content (AvgIpc) is 2.53. The highest BCUT2D eigenvalue weighted by Crippen LogP contribution is 2.15. The maximum atomic E-state index is 8.26. The van der Waals surface area contributed by atoms with Gasteiger partial charge in [0.25, 0.3) is 0 Å². The van der Waals surface area contributed by atoms with Crippen LogP contribution in [0.3, 0.4) is 0 Å². The molecule has 0 bridgehead atoms. The van der Waals surface area contributed by atoms with E-state index in [9.17, 15) is 0 Å². The zero-order valence-corrected chi connectivity index (χ0v) is 14.0. The molecule has 0 aliphatic carbocycles. The third-order valence-corrected chi connectivity index (χ3v) is 3.85. The lowest BCUT2D eigenvalue weighted by atomic mass is 10.4. The normalized spacial score (nSPS) is 8.29. The van der Waals surface area contributed by atoms with Gasteiger partial charge in [-0.3, -0.25) is 0 Å². The Labute approximate surface area is 141 Å². The summed E-state index contributed by atoms with van der Waals surface area (Å²) in [6.45, 7) is 0. The Morgan fingerprint density at radius 3 is 1.29 bits per heavy atom. The van der Waals surface area contributed by atoms with E-state index in [0.717, 1.165) is 9.79 Å².